The number of hydrogen-bond donors (Lipinski definition) is 1. The minimum Gasteiger partial charge on any atom is -0.341 e. The Morgan fingerprint density at radius 1 is 1.33 bits per heavy atom. The highest BCUT2D eigenvalue weighted by atomic mass is 16.1. The van der Waals surface area contributed by atoms with Crippen molar-refractivity contribution < 1.29 is 9.59 Å². The van der Waals surface area contributed by atoms with Gasteiger partial charge in [-0.15, -0.1) is 0 Å². The number of rotatable bonds is 8. The first-order valence-corrected chi connectivity index (χ1v) is 4.43. The third-order valence-corrected chi connectivity index (χ3v) is 1.67. The largest absolute Gasteiger partial charge is 0.341 e. The van der Waals surface area contributed by atoms with Gasteiger partial charge in [-0.3, -0.25) is 9.59 Å². The first-order chi connectivity index (χ1) is 5.81. The molecule has 0 heterocycles. The minimum atomic E-state index is 0.0921. The number of unbranched alkanes of at least 4 members (excludes halogenated alkanes) is 3. The van der Waals surface area contributed by atoms with Crippen LogP contribution in [-0.2, 0) is 9.59 Å². The Kier molecular flexibility index (Phi) is 7.65. The highest BCUT2D eigenvalue weighted by molar-refractivity contribution is 5.81. The standard InChI is InChI=1S/C9H16NO2/c1-2-3-4-5-6-9(12)7-10-8-11/h2-7H2,1H3,(H,10,11). The first kappa shape index (κ1) is 11.1. The second-order valence-corrected chi connectivity index (χ2v) is 2.80. The van der Waals surface area contributed by atoms with Gasteiger partial charge in [-0.25, -0.2) is 0 Å². The number of nitrogens with one attached hydrogen (secondary N) is 1. The van der Waals surface area contributed by atoms with E-state index in [-0.39, 0.29) is 12.3 Å². The highest BCUT2D eigenvalue weighted by Gasteiger charge is 1.99. The molecular formula is C9H16NO2. The molecule has 0 aliphatic heterocycles. The molecule has 0 rings (SSSR count). The molecule has 0 aromatic heterocycles. The Morgan fingerprint density at radius 3 is 2.67 bits per heavy atom. The molecule has 0 spiro atoms. The molecule has 0 saturated heterocycles. The molecule has 0 unspecified atom stereocenters. The summed E-state index contributed by atoms with van der Waals surface area (Å²) in [6, 6.07) is 0. The first-order valence-electron chi connectivity index (χ1n) is 4.43. The van der Waals surface area contributed by atoms with E-state index in [1.807, 2.05) is 0 Å². The summed E-state index contributed by atoms with van der Waals surface area (Å²) in [7, 11) is 0. The van der Waals surface area contributed by atoms with Gasteiger partial charge in [-0.1, -0.05) is 26.2 Å². The van der Waals surface area contributed by atoms with E-state index in [0.717, 1.165) is 12.8 Å². The second-order valence-electron chi connectivity index (χ2n) is 2.80. The van der Waals surface area contributed by atoms with Crippen molar-refractivity contribution in [2.75, 3.05) is 6.54 Å². The molecule has 0 atom stereocenters. The SMILES string of the molecule is CCCCCCC(=O)CN[C]=O. The summed E-state index contributed by atoms with van der Waals surface area (Å²) in [6.07, 6.45) is 6.46. The monoisotopic (exact) mass is 170 g/mol. The van der Waals surface area contributed by atoms with Crippen LogP contribution in [0.2, 0.25) is 0 Å². The summed E-state index contributed by atoms with van der Waals surface area (Å²) in [5, 5.41) is 2.23. The van der Waals surface area contributed by atoms with E-state index in [2.05, 4.69) is 12.2 Å². The van der Waals surface area contributed by atoms with Crippen LogP contribution in [-0.4, -0.2) is 18.7 Å². The lowest BCUT2D eigenvalue weighted by Gasteiger charge is -1.98. The van der Waals surface area contributed by atoms with Crippen molar-refractivity contribution in [3.05, 3.63) is 0 Å². The Labute approximate surface area is 73.5 Å². The lowest BCUT2D eigenvalue weighted by Crippen LogP contribution is -2.20. The van der Waals surface area contributed by atoms with Crippen LogP contribution < -0.4 is 5.32 Å². The third-order valence-electron chi connectivity index (χ3n) is 1.67. The molecule has 0 fully saturated rings. The van der Waals surface area contributed by atoms with Gasteiger partial charge in [0, 0.05) is 6.42 Å². The van der Waals surface area contributed by atoms with Gasteiger partial charge in [-0.2, -0.15) is 0 Å². The molecule has 0 bridgehead atoms. The Bertz CT molecular complexity index is 134. The fourth-order valence-corrected chi connectivity index (χ4v) is 0.972. The molecule has 12 heavy (non-hydrogen) atoms. The zero-order chi connectivity index (χ0) is 9.23. The smallest absolute Gasteiger partial charge is 0.309 e. The molecule has 0 aliphatic rings. The van der Waals surface area contributed by atoms with Crippen LogP contribution in [0.5, 0.6) is 0 Å². The van der Waals surface area contributed by atoms with E-state index in [0.29, 0.717) is 6.42 Å². The van der Waals surface area contributed by atoms with E-state index in [9.17, 15) is 9.59 Å². The summed E-state index contributed by atoms with van der Waals surface area (Å²) in [5.41, 5.74) is 0. The summed E-state index contributed by atoms with van der Waals surface area (Å²) in [6.45, 7) is 2.26. The molecule has 0 aromatic carbocycles. The summed E-state index contributed by atoms with van der Waals surface area (Å²) in [4.78, 5) is 20.6. The van der Waals surface area contributed by atoms with Crippen LogP contribution in [0.3, 0.4) is 0 Å². The van der Waals surface area contributed by atoms with Crippen LogP contribution in [0.4, 0.5) is 0 Å². The fraction of sp³-hybridized carbons (Fsp3) is 0.778. The highest BCUT2D eigenvalue weighted by Crippen LogP contribution is 2.02. The Hall–Kier alpha value is -0.860. The van der Waals surface area contributed by atoms with Gasteiger partial charge < -0.3 is 5.32 Å². The number of ketones is 1. The number of carbonyl (C=O) groups excluding carboxylic acids is 2. The van der Waals surface area contributed by atoms with Gasteiger partial charge in [-0.05, 0) is 6.42 Å². The van der Waals surface area contributed by atoms with Crippen LogP contribution in [0.25, 0.3) is 0 Å². The van der Waals surface area contributed by atoms with E-state index in [4.69, 9.17) is 0 Å². The zero-order valence-electron chi connectivity index (χ0n) is 7.56. The van der Waals surface area contributed by atoms with E-state index in [1.54, 1.807) is 0 Å². The normalized spacial score (nSPS) is 9.42. The third kappa shape index (κ3) is 7.25. The number of hydrogen-bond acceptors (Lipinski definition) is 2. The van der Waals surface area contributed by atoms with Crippen LogP contribution in [0.15, 0.2) is 0 Å². The van der Waals surface area contributed by atoms with Gasteiger partial charge >= 0.3 is 6.41 Å². The van der Waals surface area contributed by atoms with Crippen LogP contribution in [0, 0.1) is 0 Å². The van der Waals surface area contributed by atoms with Crippen molar-refractivity contribution in [2.24, 2.45) is 0 Å². The van der Waals surface area contributed by atoms with E-state index in [1.165, 1.54) is 19.3 Å². The van der Waals surface area contributed by atoms with Gasteiger partial charge in [0.2, 0.25) is 0 Å². The van der Waals surface area contributed by atoms with Gasteiger partial charge in [0.25, 0.3) is 0 Å². The van der Waals surface area contributed by atoms with Gasteiger partial charge in [0.1, 0.15) is 0 Å². The molecule has 1 N–H and O–H groups in total. The van der Waals surface area contributed by atoms with Crippen molar-refractivity contribution in [1.82, 2.24) is 5.32 Å². The van der Waals surface area contributed by atoms with Gasteiger partial charge in [0.15, 0.2) is 5.78 Å². The molecule has 1 amide bonds. The lowest BCUT2D eigenvalue weighted by molar-refractivity contribution is -0.118. The number of carbonyl (C=O) groups is 1. The summed E-state index contributed by atoms with van der Waals surface area (Å²) < 4.78 is 0. The van der Waals surface area contributed by atoms with E-state index >= 15 is 0 Å². The molecule has 1 radical (unpaired) electrons. The number of Topliss-reactive ketones (excluding diaryl/α,β-unsaturated/α-hetero) is 1. The van der Waals surface area contributed by atoms with Crippen LogP contribution in [0.1, 0.15) is 39.0 Å². The lowest BCUT2D eigenvalue weighted by atomic mass is 10.1. The second kappa shape index (κ2) is 8.24. The minimum absolute atomic E-state index is 0.0921. The van der Waals surface area contributed by atoms with Crippen molar-refractivity contribution in [2.45, 2.75) is 39.0 Å². The molecule has 3 heteroatoms. The number of amides is 1. The fourth-order valence-electron chi connectivity index (χ4n) is 0.972. The molecule has 3 nitrogen and oxygen atoms in total. The Morgan fingerprint density at radius 2 is 2.08 bits per heavy atom. The van der Waals surface area contributed by atoms with Crippen molar-refractivity contribution in [3.8, 4) is 0 Å². The molecule has 0 saturated carbocycles. The quantitative estimate of drug-likeness (QED) is 0.439. The van der Waals surface area contributed by atoms with E-state index < -0.39 is 0 Å². The maximum Gasteiger partial charge on any atom is 0.309 e. The summed E-state index contributed by atoms with van der Waals surface area (Å²) >= 11 is 0. The molecular weight excluding hydrogens is 154 g/mol. The van der Waals surface area contributed by atoms with Gasteiger partial charge in [0.05, 0.1) is 6.54 Å². The topological polar surface area (TPSA) is 46.2 Å². The van der Waals surface area contributed by atoms with Crippen LogP contribution >= 0.6 is 0 Å². The summed E-state index contributed by atoms with van der Waals surface area (Å²) in [5.74, 6) is 0.0921. The molecule has 0 aromatic rings. The maximum absolute atomic E-state index is 10.9. The predicted octanol–water partition coefficient (Wildman–Crippen LogP) is 1.18. The Balaban J connectivity index is 3.13. The average Bonchev–Trinajstić information content (AvgIpc) is 2.09. The predicted molar refractivity (Wildman–Crippen MR) is 47.5 cm³/mol. The van der Waals surface area contributed by atoms with Crippen molar-refractivity contribution in [3.63, 3.8) is 0 Å². The molecule has 69 valence electrons. The zero-order valence-corrected chi connectivity index (χ0v) is 7.56. The van der Waals surface area contributed by atoms with Crippen molar-refractivity contribution in [1.29, 1.82) is 0 Å². The molecule has 0 aliphatic carbocycles. The average molecular weight is 170 g/mol. The maximum atomic E-state index is 10.9. The van der Waals surface area contributed by atoms with Crippen molar-refractivity contribution >= 4 is 12.2 Å².